The van der Waals surface area contributed by atoms with Gasteiger partial charge in [0.25, 0.3) is 0 Å². The second-order valence-electron chi connectivity index (χ2n) is 6.01. The van der Waals surface area contributed by atoms with Crippen molar-refractivity contribution < 1.29 is 14.2 Å². The molecule has 1 fully saturated rings. The van der Waals surface area contributed by atoms with Crippen molar-refractivity contribution in [2.45, 2.75) is 38.4 Å². The summed E-state index contributed by atoms with van der Waals surface area (Å²) >= 11 is 0. The van der Waals surface area contributed by atoms with Crippen molar-refractivity contribution >= 4 is 0 Å². The van der Waals surface area contributed by atoms with Crippen LogP contribution in [-0.2, 0) is 20.8 Å². The fraction of sp³-hybridized carbons (Fsp3) is 0.368. The maximum atomic E-state index is 6.05. The van der Waals surface area contributed by atoms with E-state index in [1.165, 1.54) is 0 Å². The van der Waals surface area contributed by atoms with Gasteiger partial charge in [-0.3, -0.25) is 0 Å². The molecule has 1 aliphatic heterocycles. The second kappa shape index (κ2) is 6.61. The molecule has 116 valence electrons. The van der Waals surface area contributed by atoms with Gasteiger partial charge in [-0.25, -0.2) is 0 Å². The van der Waals surface area contributed by atoms with Crippen molar-refractivity contribution in [3.05, 3.63) is 71.8 Å². The van der Waals surface area contributed by atoms with E-state index in [1.54, 1.807) is 0 Å². The molecule has 1 aliphatic rings. The van der Waals surface area contributed by atoms with Gasteiger partial charge in [0.2, 0.25) is 0 Å². The Labute approximate surface area is 131 Å². The quantitative estimate of drug-likeness (QED) is 0.832. The van der Waals surface area contributed by atoms with Crippen molar-refractivity contribution in [3.63, 3.8) is 0 Å². The van der Waals surface area contributed by atoms with Gasteiger partial charge in [-0.15, -0.1) is 0 Å². The Hall–Kier alpha value is -1.68. The number of rotatable bonds is 5. The molecular weight excluding hydrogens is 276 g/mol. The van der Waals surface area contributed by atoms with Gasteiger partial charge in [0.1, 0.15) is 12.2 Å². The van der Waals surface area contributed by atoms with Crippen molar-refractivity contribution in [2.75, 3.05) is 6.61 Å². The van der Waals surface area contributed by atoms with Crippen molar-refractivity contribution in [3.8, 4) is 0 Å². The van der Waals surface area contributed by atoms with Crippen molar-refractivity contribution in [2.24, 2.45) is 0 Å². The molecule has 0 saturated carbocycles. The summed E-state index contributed by atoms with van der Waals surface area (Å²) in [5.41, 5.74) is 2.29. The SMILES string of the molecule is CC1(C)OC(COCc2ccccc2)C(c2ccccc2)O1. The van der Waals surface area contributed by atoms with Crippen LogP contribution in [0.1, 0.15) is 31.1 Å². The normalized spacial score (nSPS) is 23.5. The lowest BCUT2D eigenvalue weighted by atomic mass is 10.1. The first kappa shape index (κ1) is 15.2. The van der Waals surface area contributed by atoms with Gasteiger partial charge in [-0.05, 0) is 25.0 Å². The highest BCUT2D eigenvalue weighted by atomic mass is 16.8. The minimum Gasteiger partial charge on any atom is -0.374 e. The van der Waals surface area contributed by atoms with Crippen LogP contribution in [0, 0.1) is 0 Å². The van der Waals surface area contributed by atoms with E-state index in [1.807, 2.05) is 50.2 Å². The highest BCUT2D eigenvalue weighted by Gasteiger charge is 2.42. The second-order valence-corrected chi connectivity index (χ2v) is 6.01. The van der Waals surface area contributed by atoms with Gasteiger partial charge in [-0.1, -0.05) is 60.7 Å². The lowest BCUT2D eigenvalue weighted by molar-refractivity contribution is -0.151. The van der Waals surface area contributed by atoms with Crippen molar-refractivity contribution in [1.82, 2.24) is 0 Å². The standard InChI is InChI=1S/C19H22O3/c1-19(2)21-17(14-20-13-15-9-5-3-6-10-15)18(22-19)16-11-7-4-8-12-16/h3-12,17-18H,13-14H2,1-2H3. The van der Waals surface area contributed by atoms with Crippen LogP contribution in [-0.4, -0.2) is 18.5 Å². The zero-order valence-electron chi connectivity index (χ0n) is 13.1. The lowest BCUT2D eigenvalue weighted by Gasteiger charge is -2.17. The van der Waals surface area contributed by atoms with E-state index in [2.05, 4.69) is 24.3 Å². The molecule has 22 heavy (non-hydrogen) atoms. The van der Waals surface area contributed by atoms with Crippen LogP contribution in [0.4, 0.5) is 0 Å². The molecule has 0 aliphatic carbocycles. The first-order valence-corrected chi connectivity index (χ1v) is 7.66. The van der Waals surface area contributed by atoms with E-state index in [-0.39, 0.29) is 12.2 Å². The molecule has 2 unspecified atom stereocenters. The summed E-state index contributed by atoms with van der Waals surface area (Å²) < 4.78 is 17.9. The molecule has 0 spiro atoms. The predicted octanol–water partition coefficient (Wildman–Crippen LogP) is 4.10. The fourth-order valence-electron chi connectivity index (χ4n) is 2.75. The molecule has 0 amide bonds. The predicted molar refractivity (Wildman–Crippen MR) is 85.3 cm³/mol. The van der Waals surface area contributed by atoms with E-state index in [0.29, 0.717) is 13.2 Å². The molecule has 2 aromatic rings. The van der Waals surface area contributed by atoms with E-state index in [9.17, 15) is 0 Å². The summed E-state index contributed by atoms with van der Waals surface area (Å²) in [5, 5.41) is 0. The first-order chi connectivity index (χ1) is 10.6. The zero-order chi connectivity index (χ0) is 15.4. The zero-order valence-corrected chi connectivity index (χ0v) is 13.1. The molecule has 3 heteroatoms. The van der Waals surface area contributed by atoms with Crippen LogP contribution >= 0.6 is 0 Å². The largest absolute Gasteiger partial charge is 0.374 e. The van der Waals surface area contributed by atoms with Crippen LogP contribution < -0.4 is 0 Å². The maximum absolute atomic E-state index is 6.05. The third-order valence-corrected chi connectivity index (χ3v) is 3.71. The first-order valence-electron chi connectivity index (χ1n) is 7.66. The van der Waals surface area contributed by atoms with Crippen LogP contribution in [0.15, 0.2) is 60.7 Å². The summed E-state index contributed by atoms with van der Waals surface area (Å²) in [4.78, 5) is 0. The van der Waals surface area contributed by atoms with Gasteiger partial charge in [0.05, 0.1) is 13.2 Å². The Balaban J connectivity index is 1.63. The topological polar surface area (TPSA) is 27.7 Å². The van der Waals surface area contributed by atoms with Gasteiger partial charge in [0.15, 0.2) is 5.79 Å². The van der Waals surface area contributed by atoms with E-state index in [4.69, 9.17) is 14.2 Å². The average molecular weight is 298 g/mol. The van der Waals surface area contributed by atoms with Crippen LogP contribution in [0.2, 0.25) is 0 Å². The van der Waals surface area contributed by atoms with Gasteiger partial charge in [0, 0.05) is 0 Å². The van der Waals surface area contributed by atoms with Gasteiger partial charge < -0.3 is 14.2 Å². The molecule has 2 atom stereocenters. The smallest absolute Gasteiger partial charge is 0.164 e. The summed E-state index contributed by atoms with van der Waals surface area (Å²) in [6.45, 7) is 4.99. The van der Waals surface area contributed by atoms with E-state index >= 15 is 0 Å². The monoisotopic (exact) mass is 298 g/mol. The summed E-state index contributed by atoms with van der Waals surface area (Å²) in [6.07, 6.45) is -0.187. The van der Waals surface area contributed by atoms with Gasteiger partial charge >= 0.3 is 0 Å². The van der Waals surface area contributed by atoms with E-state index < -0.39 is 5.79 Å². The molecule has 0 N–H and O–H groups in total. The molecule has 2 aromatic carbocycles. The summed E-state index contributed by atoms with van der Waals surface area (Å²) in [7, 11) is 0. The number of hydrogen-bond donors (Lipinski definition) is 0. The molecule has 0 bridgehead atoms. The van der Waals surface area contributed by atoms with Crippen LogP contribution in [0.3, 0.4) is 0 Å². The lowest BCUT2D eigenvalue weighted by Crippen LogP contribution is -2.24. The third-order valence-electron chi connectivity index (χ3n) is 3.71. The van der Waals surface area contributed by atoms with Crippen LogP contribution in [0.5, 0.6) is 0 Å². The summed E-state index contributed by atoms with van der Waals surface area (Å²) in [6, 6.07) is 20.3. The van der Waals surface area contributed by atoms with Gasteiger partial charge in [-0.2, -0.15) is 0 Å². The minimum atomic E-state index is -0.582. The minimum absolute atomic E-state index is 0.0908. The van der Waals surface area contributed by atoms with Crippen molar-refractivity contribution in [1.29, 1.82) is 0 Å². The van der Waals surface area contributed by atoms with Crippen LogP contribution in [0.25, 0.3) is 0 Å². The molecule has 1 saturated heterocycles. The molecule has 1 heterocycles. The Morgan fingerprint density at radius 2 is 1.55 bits per heavy atom. The molecule has 3 nitrogen and oxygen atoms in total. The maximum Gasteiger partial charge on any atom is 0.164 e. The number of benzene rings is 2. The number of hydrogen-bond acceptors (Lipinski definition) is 3. The number of ether oxygens (including phenoxy) is 3. The Kier molecular flexibility index (Phi) is 4.57. The molecule has 0 radical (unpaired) electrons. The Bertz CT molecular complexity index is 580. The molecular formula is C19H22O3. The molecule has 3 rings (SSSR count). The summed E-state index contributed by atoms with van der Waals surface area (Å²) in [5.74, 6) is -0.582. The highest BCUT2D eigenvalue weighted by molar-refractivity contribution is 5.20. The average Bonchev–Trinajstić information content (AvgIpc) is 2.84. The molecule has 0 aromatic heterocycles. The Morgan fingerprint density at radius 3 is 2.23 bits per heavy atom. The highest BCUT2D eigenvalue weighted by Crippen LogP contribution is 2.38. The Morgan fingerprint density at radius 1 is 0.909 bits per heavy atom. The third kappa shape index (κ3) is 3.74. The fourth-order valence-corrected chi connectivity index (χ4v) is 2.75. The van der Waals surface area contributed by atoms with E-state index in [0.717, 1.165) is 11.1 Å².